The van der Waals surface area contributed by atoms with E-state index in [2.05, 4.69) is 35.9 Å². The average Bonchev–Trinajstić information content (AvgIpc) is 2.44. The van der Waals surface area contributed by atoms with Crippen molar-refractivity contribution in [2.24, 2.45) is 11.7 Å². The van der Waals surface area contributed by atoms with Gasteiger partial charge in [0.2, 0.25) is 5.91 Å². The number of nitrogens with zero attached hydrogens (tertiary/aromatic N) is 2. The van der Waals surface area contributed by atoms with Crippen LogP contribution in [0.15, 0.2) is 0 Å². The van der Waals surface area contributed by atoms with Gasteiger partial charge in [0, 0.05) is 51.7 Å². The zero-order valence-electron chi connectivity index (χ0n) is 13.4. The molecule has 0 aromatic rings. The summed E-state index contributed by atoms with van der Waals surface area (Å²) in [6.07, 6.45) is 1.54. The molecule has 0 spiro atoms. The van der Waals surface area contributed by atoms with Crippen LogP contribution >= 0.6 is 0 Å². The molecule has 0 aromatic heterocycles. The third kappa shape index (κ3) is 6.68. The number of rotatable bonds is 8. The minimum absolute atomic E-state index is 0.124. The van der Waals surface area contributed by atoms with Gasteiger partial charge in [-0.3, -0.25) is 4.79 Å². The van der Waals surface area contributed by atoms with Gasteiger partial charge >= 0.3 is 0 Å². The normalized spacial score (nSPS) is 19.2. The molecule has 1 atom stereocenters. The molecule has 5 nitrogen and oxygen atoms in total. The highest BCUT2D eigenvalue weighted by molar-refractivity contribution is 5.76. The Kier molecular flexibility index (Phi) is 8.11. The zero-order valence-corrected chi connectivity index (χ0v) is 13.4. The van der Waals surface area contributed by atoms with Crippen molar-refractivity contribution >= 4 is 5.91 Å². The van der Waals surface area contributed by atoms with Crippen LogP contribution in [-0.2, 0) is 4.79 Å². The monoisotopic (exact) mass is 284 g/mol. The van der Waals surface area contributed by atoms with Crippen LogP contribution in [0.25, 0.3) is 0 Å². The molecule has 1 aliphatic rings. The fourth-order valence-electron chi connectivity index (χ4n) is 2.67. The Morgan fingerprint density at radius 1 is 1.20 bits per heavy atom. The fourth-order valence-corrected chi connectivity index (χ4v) is 2.67. The van der Waals surface area contributed by atoms with Gasteiger partial charge in [-0.2, -0.15) is 0 Å². The smallest absolute Gasteiger partial charge is 0.221 e. The van der Waals surface area contributed by atoms with E-state index in [-0.39, 0.29) is 11.9 Å². The van der Waals surface area contributed by atoms with Crippen LogP contribution in [-0.4, -0.2) is 67.6 Å². The summed E-state index contributed by atoms with van der Waals surface area (Å²) < 4.78 is 0. The first-order valence-electron chi connectivity index (χ1n) is 7.99. The van der Waals surface area contributed by atoms with Crippen molar-refractivity contribution < 1.29 is 4.79 Å². The van der Waals surface area contributed by atoms with Gasteiger partial charge in [-0.15, -0.1) is 0 Å². The fraction of sp³-hybridized carbons (Fsp3) is 0.933. The summed E-state index contributed by atoms with van der Waals surface area (Å²) in [6, 6.07) is 0.124. The SMILES string of the molecule is CCN1CCN(CCC(=O)NC(CN)CC(C)C)CC1. The third-order valence-electron chi connectivity index (χ3n) is 3.97. The maximum atomic E-state index is 12.0. The van der Waals surface area contributed by atoms with Crippen LogP contribution < -0.4 is 11.1 Å². The number of piperazine rings is 1. The van der Waals surface area contributed by atoms with Gasteiger partial charge in [-0.1, -0.05) is 20.8 Å². The van der Waals surface area contributed by atoms with Crippen molar-refractivity contribution in [3.63, 3.8) is 0 Å². The Hall–Kier alpha value is -0.650. The Labute approximate surface area is 123 Å². The van der Waals surface area contributed by atoms with E-state index in [4.69, 9.17) is 5.73 Å². The maximum Gasteiger partial charge on any atom is 0.221 e. The summed E-state index contributed by atoms with van der Waals surface area (Å²) in [6.45, 7) is 13.4. The van der Waals surface area contributed by atoms with E-state index in [1.807, 2.05) is 0 Å². The minimum atomic E-state index is 0.124. The summed E-state index contributed by atoms with van der Waals surface area (Å²) in [5.74, 6) is 0.699. The molecular formula is C15H32N4O. The summed E-state index contributed by atoms with van der Waals surface area (Å²) in [4.78, 5) is 16.8. The van der Waals surface area contributed by atoms with E-state index in [0.717, 1.165) is 45.7 Å². The Morgan fingerprint density at radius 2 is 1.80 bits per heavy atom. The lowest BCUT2D eigenvalue weighted by Crippen LogP contribution is -2.47. The highest BCUT2D eigenvalue weighted by Gasteiger charge is 2.17. The van der Waals surface area contributed by atoms with Gasteiger partial charge in [0.25, 0.3) is 0 Å². The predicted octanol–water partition coefficient (Wildman–Crippen LogP) is 0.504. The lowest BCUT2D eigenvalue weighted by Gasteiger charge is -2.33. The number of nitrogens with two attached hydrogens (primary N) is 1. The highest BCUT2D eigenvalue weighted by Crippen LogP contribution is 2.05. The summed E-state index contributed by atoms with van der Waals surface area (Å²) in [5.41, 5.74) is 5.71. The largest absolute Gasteiger partial charge is 0.352 e. The molecule has 1 amide bonds. The molecule has 0 aliphatic carbocycles. The first kappa shape index (κ1) is 17.4. The minimum Gasteiger partial charge on any atom is -0.352 e. The van der Waals surface area contributed by atoms with Crippen LogP contribution in [0.3, 0.4) is 0 Å². The molecule has 1 saturated heterocycles. The van der Waals surface area contributed by atoms with E-state index >= 15 is 0 Å². The van der Waals surface area contributed by atoms with Crippen LogP contribution in [0, 0.1) is 5.92 Å². The van der Waals surface area contributed by atoms with Crippen LogP contribution in [0.2, 0.25) is 0 Å². The number of carbonyl (C=O) groups is 1. The Morgan fingerprint density at radius 3 is 2.30 bits per heavy atom. The molecule has 1 heterocycles. The van der Waals surface area contributed by atoms with E-state index < -0.39 is 0 Å². The second-order valence-corrected chi connectivity index (χ2v) is 6.16. The van der Waals surface area contributed by atoms with E-state index in [9.17, 15) is 4.79 Å². The predicted molar refractivity (Wildman–Crippen MR) is 83.6 cm³/mol. The number of amides is 1. The lowest BCUT2D eigenvalue weighted by atomic mass is 10.0. The number of likely N-dealkylation sites (N-methyl/N-ethyl adjacent to an activating group) is 1. The third-order valence-corrected chi connectivity index (χ3v) is 3.97. The molecule has 5 heteroatoms. The molecule has 0 aromatic carbocycles. The van der Waals surface area contributed by atoms with Gasteiger partial charge in [0.1, 0.15) is 0 Å². The van der Waals surface area contributed by atoms with Gasteiger partial charge in [-0.25, -0.2) is 0 Å². The van der Waals surface area contributed by atoms with Crippen molar-refractivity contribution in [2.75, 3.05) is 45.8 Å². The Balaban J connectivity index is 2.19. The molecular weight excluding hydrogens is 252 g/mol. The molecule has 118 valence electrons. The molecule has 0 saturated carbocycles. The summed E-state index contributed by atoms with van der Waals surface area (Å²) in [7, 11) is 0. The Bertz CT molecular complexity index is 275. The molecule has 1 fully saturated rings. The number of nitrogens with one attached hydrogen (secondary N) is 1. The van der Waals surface area contributed by atoms with Gasteiger partial charge in [-0.05, 0) is 18.9 Å². The topological polar surface area (TPSA) is 61.6 Å². The number of hydrogen-bond acceptors (Lipinski definition) is 4. The molecule has 0 bridgehead atoms. The van der Waals surface area contributed by atoms with Crippen molar-refractivity contribution in [3.8, 4) is 0 Å². The number of carbonyl (C=O) groups excluding carboxylic acids is 1. The average molecular weight is 284 g/mol. The van der Waals surface area contributed by atoms with Gasteiger partial charge < -0.3 is 20.9 Å². The van der Waals surface area contributed by atoms with Crippen molar-refractivity contribution in [2.45, 2.75) is 39.7 Å². The van der Waals surface area contributed by atoms with Gasteiger partial charge in [0.15, 0.2) is 0 Å². The second-order valence-electron chi connectivity index (χ2n) is 6.16. The van der Waals surface area contributed by atoms with Gasteiger partial charge in [0.05, 0.1) is 0 Å². The zero-order chi connectivity index (χ0) is 15.0. The van der Waals surface area contributed by atoms with E-state index in [0.29, 0.717) is 18.9 Å². The standard InChI is InChI=1S/C15H32N4O/c1-4-18-7-9-19(10-8-18)6-5-15(20)17-14(12-16)11-13(2)3/h13-14H,4-12,16H2,1-3H3,(H,17,20). The molecule has 0 radical (unpaired) electrons. The van der Waals surface area contributed by atoms with Crippen molar-refractivity contribution in [1.29, 1.82) is 0 Å². The first-order valence-corrected chi connectivity index (χ1v) is 7.99. The van der Waals surface area contributed by atoms with Crippen LogP contribution in [0.4, 0.5) is 0 Å². The second kappa shape index (κ2) is 9.32. The highest BCUT2D eigenvalue weighted by atomic mass is 16.1. The lowest BCUT2D eigenvalue weighted by molar-refractivity contribution is -0.122. The quantitative estimate of drug-likeness (QED) is 0.681. The summed E-state index contributed by atoms with van der Waals surface area (Å²) in [5, 5.41) is 3.06. The molecule has 1 aliphatic heterocycles. The maximum absolute atomic E-state index is 12.0. The molecule has 1 unspecified atom stereocenters. The van der Waals surface area contributed by atoms with Crippen molar-refractivity contribution in [3.05, 3.63) is 0 Å². The molecule has 20 heavy (non-hydrogen) atoms. The van der Waals surface area contributed by atoms with E-state index in [1.165, 1.54) is 0 Å². The first-order chi connectivity index (χ1) is 9.55. The van der Waals surface area contributed by atoms with E-state index in [1.54, 1.807) is 0 Å². The molecule has 3 N–H and O–H groups in total. The molecule has 1 rings (SSSR count). The number of hydrogen-bond donors (Lipinski definition) is 2. The van der Waals surface area contributed by atoms with Crippen LogP contribution in [0.1, 0.15) is 33.6 Å². The summed E-state index contributed by atoms with van der Waals surface area (Å²) >= 11 is 0. The van der Waals surface area contributed by atoms with Crippen molar-refractivity contribution in [1.82, 2.24) is 15.1 Å². The van der Waals surface area contributed by atoms with Crippen LogP contribution in [0.5, 0.6) is 0 Å².